The number of aliphatic carboxylic acids is 1. The fourth-order valence-electron chi connectivity index (χ4n) is 4.09. The number of halogens is 1. The maximum Gasteiger partial charge on any atom is 3.00 e. The Morgan fingerprint density at radius 2 is 0.500 bits per heavy atom. The van der Waals surface area contributed by atoms with Gasteiger partial charge in [0, 0.05) is 6.92 Å². The molecule has 0 spiro atoms. The van der Waals surface area contributed by atoms with E-state index in [0.29, 0.717) is 0 Å². The number of carboxylic acid groups (broad SMARTS) is 1. The van der Waals surface area contributed by atoms with Crippen molar-refractivity contribution in [1.29, 1.82) is 0 Å². The molecule has 50 heavy (non-hydrogen) atoms. The third-order valence-electron chi connectivity index (χ3n) is 6.41. The van der Waals surface area contributed by atoms with E-state index in [9.17, 15) is 0 Å². The molecule has 0 aromatic heterocycles. The predicted octanol–water partition coefficient (Wildman–Crippen LogP) is 10.3. The molecule has 0 fully saturated rings. The molecule has 1 N–H and O–H groups in total. The predicted molar refractivity (Wildman–Crippen MR) is 225 cm³/mol. The van der Waals surface area contributed by atoms with Gasteiger partial charge in [-0.25, -0.2) is 23.8 Å². The maximum absolute atomic E-state index is 9.00. The second kappa shape index (κ2) is 28.7. The average molecular weight is 825 g/mol. The van der Waals surface area contributed by atoms with Crippen molar-refractivity contribution in [3.8, 4) is 0 Å². The fraction of sp³-hybridized carbons (Fsp3) is 0.0698. The van der Waals surface area contributed by atoms with Gasteiger partial charge in [-0.05, 0) is 0 Å². The Morgan fingerprint density at radius 1 is 0.400 bits per heavy atom. The first-order valence-corrected chi connectivity index (χ1v) is 20.3. The Labute approximate surface area is 324 Å². The van der Waals surface area contributed by atoms with Crippen LogP contribution in [0.3, 0.4) is 0 Å². The molecule has 261 valence electrons. The van der Waals surface area contributed by atoms with Gasteiger partial charge in [0.2, 0.25) is 0 Å². The van der Waals surface area contributed by atoms with Crippen LogP contribution < -0.4 is 31.8 Å². The van der Waals surface area contributed by atoms with Crippen molar-refractivity contribution in [3.63, 3.8) is 0 Å². The van der Waals surface area contributed by atoms with Gasteiger partial charge in [-0.15, -0.1) is 12.4 Å². The van der Waals surface area contributed by atoms with Crippen LogP contribution in [0, 0.1) is 20.0 Å². The molecule has 7 heteroatoms. The Kier molecular flexibility index (Phi) is 26.9. The zero-order valence-corrected chi connectivity index (χ0v) is 34.1. The number of carbonyl (C=O) groups is 1. The van der Waals surface area contributed by atoms with Crippen LogP contribution in [-0.4, -0.2) is 11.1 Å². The molecule has 0 unspecified atom stereocenters. The first-order chi connectivity index (χ1) is 23.4. The molecule has 6 aromatic rings. The minimum atomic E-state index is -0.833. The van der Waals surface area contributed by atoms with E-state index in [2.05, 4.69) is 166 Å². The van der Waals surface area contributed by atoms with Crippen LogP contribution in [0.1, 0.15) is 20.8 Å². The monoisotopic (exact) mass is 825 g/mol. The van der Waals surface area contributed by atoms with Crippen LogP contribution in [-0.2, 0) is 24.3 Å². The maximum atomic E-state index is 9.00. The summed E-state index contributed by atoms with van der Waals surface area (Å²) in [6.45, 7) is 17.8. The molecule has 0 saturated carbocycles. The summed E-state index contributed by atoms with van der Waals surface area (Å²) in [7, 11) is -1.26. The summed E-state index contributed by atoms with van der Waals surface area (Å²) in [5.74, 6) is -0.833. The van der Waals surface area contributed by atoms with Gasteiger partial charge in [0.25, 0.3) is 5.97 Å². The smallest absolute Gasteiger partial charge is 0.481 e. The first kappa shape index (κ1) is 47.0. The third-order valence-corrected chi connectivity index (χ3v) is 11.9. The molecule has 0 aliphatic heterocycles. The summed E-state index contributed by atoms with van der Waals surface area (Å²) < 4.78 is 0. The molecular formula is C43H47ClO2P3Ru. The summed E-state index contributed by atoms with van der Waals surface area (Å²) >= 11 is 0. The standard InChI is InChI=1S/3C13H12P.C2H4O2.C2H6.ClH.Ru/c3*1-14(12-8-4-2-5-9-12)13-10-6-3-7-11-13;1-2(3)4;1-2;;/h3*2-11H,1H2;1H3,(H,3,4);1-2H3;1H;/q3*-1;;;;+3. The fourth-order valence-corrected chi connectivity index (χ4v) is 8.18. The summed E-state index contributed by atoms with van der Waals surface area (Å²) in [4.78, 5) is 9.00. The molecule has 6 aromatic carbocycles. The number of benzene rings is 6. The van der Waals surface area contributed by atoms with Crippen molar-refractivity contribution in [2.75, 3.05) is 0 Å². The van der Waals surface area contributed by atoms with E-state index in [1.54, 1.807) is 0 Å². The van der Waals surface area contributed by atoms with Gasteiger partial charge in [-0.1, -0.05) is 228 Å². The Morgan fingerprint density at radius 3 is 0.600 bits per heavy atom. The molecule has 0 heterocycles. The van der Waals surface area contributed by atoms with Crippen LogP contribution in [0.4, 0.5) is 0 Å². The number of hydrogen-bond acceptors (Lipinski definition) is 1. The van der Waals surface area contributed by atoms with Gasteiger partial charge in [-0.2, -0.15) is 0 Å². The van der Waals surface area contributed by atoms with Crippen molar-refractivity contribution in [3.05, 3.63) is 202 Å². The van der Waals surface area contributed by atoms with Gasteiger partial charge in [0.1, 0.15) is 0 Å². The number of hydrogen-bond donors (Lipinski definition) is 1. The van der Waals surface area contributed by atoms with Crippen LogP contribution in [0.2, 0.25) is 0 Å². The van der Waals surface area contributed by atoms with Crippen molar-refractivity contribution < 1.29 is 29.4 Å². The Bertz CT molecular complexity index is 1330. The molecule has 0 bridgehead atoms. The first-order valence-electron chi connectivity index (χ1n) is 15.7. The van der Waals surface area contributed by atoms with Crippen LogP contribution in [0.25, 0.3) is 0 Å². The molecule has 0 amide bonds. The minimum Gasteiger partial charge on any atom is -0.481 e. The van der Waals surface area contributed by atoms with Crippen molar-refractivity contribution >= 4 is 74.0 Å². The third kappa shape index (κ3) is 18.3. The van der Waals surface area contributed by atoms with E-state index < -0.39 is 29.7 Å². The van der Waals surface area contributed by atoms with E-state index in [1.165, 1.54) is 31.8 Å². The molecule has 1 radical (unpaired) electrons. The summed E-state index contributed by atoms with van der Waals surface area (Å²) in [6, 6.07) is 62.8. The molecule has 0 aliphatic rings. The molecule has 0 saturated heterocycles. The van der Waals surface area contributed by atoms with Gasteiger partial charge in [-0.3, -0.25) is 4.79 Å². The molecule has 0 atom stereocenters. The molecule has 2 nitrogen and oxygen atoms in total. The molecule has 6 rings (SSSR count). The van der Waals surface area contributed by atoms with Gasteiger partial charge in [0.05, 0.1) is 0 Å². The quantitative estimate of drug-likeness (QED) is 0.103. The van der Waals surface area contributed by atoms with Crippen molar-refractivity contribution in [2.45, 2.75) is 20.8 Å². The van der Waals surface area contributed by atoms with E-state index in [-0.39, 0.29) is 31.9 Å². The van der Waals surface area contributed by atoms with Crippen molar-refractivity contribution in [1.82, 2.24) is 0 Å². The Balaban J connectivity index is 0.000000655. The molecular weight excluding hydrogens is 778 g/mol. The topological polar surface area (TPSA) is 37.3 Å². The summed E-state index contributed by atoms with van der Waals surface area (Å²) in [5.41, 5.74) is 0. The van der Waals surface area contributed by atoms with Crippen molar-refractivity contribution in [2.24, 2.45) is 0 Å². The van der Waals surface area contributed by atoms with Crippen LogP contribution in [0.15, 0.2) is 182 Å². The van der Waals surface area contributed by atoms with Gasteiger partial charge < -0.3 is 25.1 Å². The van der Waals surface area contributed by atoms with E-state index in [4.69, 9.17) is 9.90 Å². The van der Waals surface area contributed by atoms with Gasteiger partial charge in [0.15, 0.2) is 0 Å². The second-order valence-electron chi connectivity index (χ2n) is 9.82. The largest absolute Gasteiger partial charge is 3.00 e. The summed E-state index contributed by atoms with van der Waals surface area (Å²) in [5, 5.41) is 15.4. The van der Waals surface area contributed by atoms with Crippen LogP contribution >= 0.6 is 36.2 Å². The Hall–Kier alpha value is -3.01. The normalized spacial score (nSPS) is 9.38. The van der Waals surface area contributed by atoms with E-state index in [1.807, 2.05) is 50.2 Å². The zero-order chi connectivity index (χ0) is 35.0. The number of rotatable bonds is 6. The van der Waals surface area contributed by atoms with Crippen LogP contribution in [0.5, 0.6) is 0 Å². The average Bonchev–Trinajstić information content (AvgIpc) is 3.17. The molecule has 0 aliphatic carbocycles. The van der Waals surface area contributed by atoms with Gasteiger partial charge >= 0.3 is 19.5 Å². The SMILES string of the molecule is CC.CC(=O)O.Cl.[CH2-]P(c1ccccc1)c1ccccc1.[CH2-]P(c1ccccc1)c1ccccc1.[CH2-]P(c1ccccc1)c1ccccc1.[Ru+3]. The van der Waals surface area contributed by atoms with E-state index >= 15 is 0 Å². The zero-order valence-electron chi connectivity index (χ0n) is 28.9. The summed E-state index contributed by atoms with van der Waals surface area (Å²) in [6.07, 6.45) is 0. The number of carboxylic acids is 1. The second-order valence-corrected chi connectivity index (χ2v) is 15.5. The van der Waals surface area contributed by atoms with E-state index in [0.717, 1.165) is 6.92 Å². The minimum absolute atomic E-state index is 0.